The summed E-state index contributed by atoms with van der Waals surface area (Å²) in [7, 11) is 1.21. The first-order chi connectivity index (χ1) is 6.45. The molecule has 0 saturated heterocycles. The lowest BCUT2D eigenvalue weighted by Gasteiger charge is -2.07. The van der Waals surface area contributed by atoms with E-state index in [2.05, 4.69) is 4.74 Å². The van der Waals surface area contributed by atoms with Crippen LogP contribution in [0, 0.1) is 0 Å². The molecular formula is C9H7ClF2O2. The maximum absolute atomic E-state index is 12.5. The molecule has 0 aliphatic rings. The summed E-state index contributed by atoms with van der Waals surface area (Å²) in [5.74, 6) is -0.575. The molecule has 0 amide bonds. The maximum Gasteiger partial charge on any atom is 0.348 e. The quantitative estimate of drug-likeness (QED) is 0.566. The van der Waals surface area contributed by atoms with Crippen LogP contribution >= 0.6 is 11.6 Å². The minimum atomic E-state index is -3.41. The van der Waals surface area contributed by atoms with Gasteiger partial charge in [-0.05, 0) is 23.7 Å². The summed E-state index contributed by atoms with van der Waals surface area (Å²) in [4.78, 5) is 10.9. The van der Waals surface area contributed by atoms with Crippen LogP contribution < -0.4 is 0 Å². The molecule has 0 aliphatic carbocycles. The van der Waals surface area contributed by atoms with E-state index in [1.54, 1.807) is 0 Å². The van der Waals surface area contributed by atoms with Crippen molar-refractivity contribution >= 4 is 17.6 Å². The molecule has 0 bridgehead atoms. The fraction of sp³-hybridized carbons (Fsp3) is 0.222. The molecule has 14 heavy (non-hydrogen) atoms. The number of methoxy groups -OCH3 is 1. The molecule has 76 valence electrons. The molecule has 0 aromatic heterocycles. The van der Waals surface area contributed by atoms with Gasteiger partial charge in [0.1, 0.15) is 0 Å². The first-order valence-corrected chi connectivity index (χ1v) is 4.08. The number of benzene rings is 1. The van der Waals surface area contributed by atoms with E-state index in [0.29, 0.717) is 0 Å². The average Bonchev–Trinajstić information content (AvgIpc) is 2.15. The normalized spacial score (nSPS) is 11.1. The molecule has 1 aromatic rings. The van der Waals surface area contributed by atoms with Gasteiger partial charge in [0.2, 0.25) is 0 Å². The lowest BCUT2D eigenvalue weighted by Crippen LogP contribution is -2.05. The maximum atomic E-state index is 12.5. The van der Waals surface area contributed by atoms with Gasteiger partial charge in [-0.1, -0.05) is 12.1 Å². The summed E-state index contributed by atoms with van der Waals surface area (Å²) in [5.41, 5.74) is -0.149. The van der Waals surface area contributed by atoms with E-state index in [-0.39, 0.29) is 11.1 Å². The first-order valence-electron chi connectivity index (χ1n) is 3.70. The Balaban J connectivity index is 2.95. The number of carbonyl (C=O) groups excluding carboxylic acids is 1. The van der Waals surface area contributed by atoms with Crippen LogP contribution in [0.2, 0.25) is 0 Å². The Morgan fingerprint density at radius 3 is 2.21 bits per heavy atom. The standard InChI is InChI=1S/C9H7ClF2O2/c1-14-8(13)6-2-4-7(5-3-6)9(10,11)12/h2-5H,1H3. The van der Waals surface area contributed by atoms with Crippen molar-refractivity contribution in [3.8, 4) is 0 Å². The van der Waals surface area contributed by atoms with Crippen molar-refractivity contribution in [2.45, 2.75) is 5.38 Å². The highest BCUT2D eigenvalue weighted by Crippen LogP contribution is 2.32. The monoisotopic (exact) mass is 220 g/mol. The van der Waals surface area contributed by atoms with Gasteiger partial charge in [0.25, 0.3) is 0 Å². The van der Waals surface area contributed by atoms with Gasteiger partial charge in [-0.3, -0.25) is 0 Å². The Bertz CT molecular complexity index is 330. The molecule has 0 radical (unpaired) electrons. The van der Waals surface area contributed by atoms with E-state index in [1.165, 1.54) is 19.2 Å². The van der Waals surface area contributed by atoms with Crippen molar-refractivity contribution in [1.82, 2.24) is 0 Å². The van der Waals surface area contributed by atoms with Gasteiger partial charge in [0.05, 0.1) is 12.7 Å². The van der Waals surface area contributed by atoms with Crippen LogP contribution in [0.3, 0.4) is 0 Å². The molecule has 2 nitrogen and oxygen atoms in total. The predicted molar refractivity (Wildman–Crippen MR) is 47.5 cm³/mol. The molecule has 0 atom stereocenters. The zero-order valence-corrected chi connectivity index (χ0v) is 8.02. The van der Waals surface area contributed by atoms with Crippen molar-refractivity contribution in [2.24, 2.45) is 0 Å². The highest BCUT2D eigenvalue weighted by molar-refractivity contribution is 6.21. The predicted octanol–water partition coefficient (Wildman–Crippen LogP) is 2.76. The van der Waals surface area contributed by atoms with Gasteiger partial charge in [-0.25, -0.2) is 4.79 Å². The molecule has 0 spiro atoms. The highest BCUT2D eigenvalue weighted by atomic mass is 35.5. The van der Waals surface area contributed by atoms with Gasteiger partial charge in [0, 0.05) is 5.56 Å². The molecule has 0 unspecified atom stereocenters. The Labute approximate surface area is 84.4 Å². The molecule has 1 rings (SSSR count). The molecule has 0 N–H and O–H groups in total. The molecule has 0 saturated carbocycles. The molecule has 1 aromatic carbocycles. The Morgan fingerprint density at radius 2 is 1.86 bits per heavy atom. The number of hydrogen-bond donors (Lipinski definition) is 0. The molecule has 5 heteroatoms. The van der Waals surface area contributed by atoms with E-state index in [1.807, 2.05) is 0 Å². The zero-order valence-electron chi connectivity index (χ0n) is 7.26. The van der Waals surface area contributed by atoms with Crippen LogP contribution in [0.1, 0.15) is 15.9 Å². The summed E-state index contributed by atoms with van der Waals surface area (Å²) in [6, 6.07) is 4.63. The average molecular weight is 221 g/mol. The number of alkyl halides is 3. The third kappa shape index (κ3) is 2.42. The van der Waals surface area contributed by atoms with E-state index in [0.717, 1.165) is 12.1 Å². The molecular weight excluding hydrogens is 214 g/mol. The van der Waals surface area contributed by atoms with Gasteiger partial charge in [-0.15, -0.1) is 0 Å². The zero-order chi connectivity index (χ0) is 10.8. The van der Waals surface area contributed by atoms with Crippen LogP contribution in [0.15, 0.2) is 24.3 Å². The minimum absolute atomic E-state index is 0.206. The number of rotatable bonds is 2. The summed E-state index contributed by atoms with van der Waals surface area (Å²) >= 11 is 4.77. The Kier molecular flexibility index (Phi) is 3.06. The van der Waals surface area contributed by atoms with Crippen LogP contribution in [-0.2, 0) is 10.1 Å². The third-order valence-electron chi connectivity index (χ3n) is 1.63. The molecule has 0 fully saturated rings. The topological polar surface area (TPSA) is 26.3 Å². The van der Waals surface area contributed by atoms with Crippen LogP contribution in [0.4, 0.5) is 8.78 Å². The second-order valence-corrected chi connectivity index (χ2v) is 3.04. The van der Waals surface area contributed by atoms with Crippen LogP contribution in [-0.4, -0.2) is 13.1 Å². The summed E-state index contributed by atoms with van der Waals surface area (Å²) in [5, 5.41) is -3.41. The number of hydrogen-bond acceptors (Lipinski definition) is 2. The molecule has 0 aliphatic heterocycles. The second kappa shape index (κ2) is 3.92. The van der Waals surface area contributed by atoms with Gasteiger partial charge in [-0.2, -0.15) is 8.78 Å². The van der Waals surface area contributed by atoms with E-state index in [4.69, 9.17) is 11.6 Å². The third-order valence-corrected chi connectivity index (χ3v) is 1.85. The van der Waals surface area contributed by atoms with Gasteiger partial charge >= 0.3 is 11.4 Å². The summed E-state index contributed by atoms with van der Waals surface area (Å²) in [6.07, 6.45) is 0. The van der Waals surface area contributed by atoms with Crippen molar-refractivity contribution in [3.05, 3.63) is 35.4 Å². The SMILES string of the molecule is COC(=O)c1ccc(C(F)(F)Cl)cc1. The smallest absolute Gasteiger partial charge is 0.348 e. The van der Waals surface area contributed by atoms with Crippen molar-refractivity contribution in [1.29, 1.82) is 0 Å². The van der Waals surface area contributed by atoms with Gasteiger partial charge in [0.15, 0.2) is 0 Å². The van der Waals surface area contributed by atoms with Crippen molar-refractivity contribution in [2.75, 3.05) is 7.11 Å². The first kappa shape index (κ1) is 10.9. The van der Waals surface area contributed by atoms with Gasteiger partial charge < -0.3 is 4.74 Å². The van der Waals surface area contributed by atoms with Crippen molar-refractivity contribution in [3.63, 3.8) is 0 Å². The van der Waals surface area contributed by atoms with Crippen LogP contribution in [0.25, 0.3) is 0 Å². The summed E-state index contributed by atoms with van der Waals surface area (Å²) in [6.45, 7) is 0. The fourth-order valence-electron chi connectivity index (χ4n) is 0.913. The van der Waals surface area contributed by atoms with E-state index in [9.17, 15) is 13.6 Å². The summed E-state index contributed by atoms with van der Waals surface area (Å²) < 4.78 is 29.4. The number of ether oxygens (including phenoxy) is 1. The fourth-order valence-corrected chi connectivity index (χ4v) is 1.04. The number of halogens is 3. The van der Waals surface area contributed by atoms with E-state index >= 15 is 0 Å². The molecule has 0 heterocycles. The second-order valence-electron chi connectivity index (χ2n) is 2.57. The Morgan fingerprint density at radius 1 is 1.36 bits per heavy atom. The number of esters is 1. The highest BCUT2D eigenvalue weighted by Gasteiger charge is 2.27. The van der Waals surface area contributed by atoms with Crippen LogP contribution in [0.5, 0.6) is 0 Å². The number of carbonyl (C=O) groups is 1. The lowest BCUT2D eigenvalue weighted by atomic mass is 10.1. The lowest BCUT2D eigenvalue weighted by molar-refractivity contribution is 0.0599. The van der Waals surface area contributed by atoms with E-state index < -0.39 is 11.4 Å². The largest absolute Gasteiger partial charge is 0.465 e. The Hall–Kier alpha value is -1.16. The van der Waals surface area contributed by atoms with Crippen molar-refractivity contribution < 1.29 is 18.3 Å². The minimum Gasteiger partial charge on any atom is -0.465 e.